The molecule has 0 aliphatic rings. The Morgan fingerprint density at radius 3 is 2.44 bits per heavy atom. The van der Waals surface area contributed by atoms with Crippen LogP contribution in [0.25, 0.3) is 0 Å². The van der Waals surface area contributed by atoms with Gasteiger partial charge in [0.25, 0.3) is 5.91 Å². The number of ether oxygens (including phenoxy) is 1. The first kappa shape index (κ1) is 18.5. The standard InChI is InChI=1S/C22H23N3O2/c1-15-4-10-20(16(2)12-15)25-22(26)18-7-11-21(24-14-18)23-13-17-5-8-19(27-3)9-6-17/h4-12,14H,13H2,1-3H3,(H,23,24)(H,25,26). The number of amides is 1. The van der Waals surface area contributed by atoms with E-state index in [9.17, 15) is 4.79 Å². The van der Waals surface area contributed by atoms with Gasteiger partial charge < -0.3 is 15.4 Å². The highest BCUT2D eigenvalue weighted by atomic mass is 16.5. The van der Waals surface area contributed by atoms with Crippen LogP contribution in [0.15, 0.2) is 60.8 Å². The first-order chi connectivity index (χ1) is 13.0. The van der Waals surface area contributed by atoms with E-state index in [2.05, 4.69) is 15.6 Å². The van der Waals surface area contributed by atoms with E-state index in [1.807, 2.05) is 56.3 Å². The summed E-state index contributed by atoms with van der Waals surface area (Å²) in [5.74, 6) is 1.38. The van der Waals surface area contributed by atoms with Crippen molar-refractivity contribution >= 4 is 17.4 Å². The molecule has 3 aromatic rings. The summed E-state index contributed by atoms with van der Waals surface area (Å²) in [5, 5.41) is 6.18. The molecule has 0 aliphatic heterocycles. The van der Waals surface area contributed by atoms with Crippen molar-refractivity contribution in [1.82, 2.24) is 4.98 Å². The second kappa shape index (κ2) is 8.36. The molecule has 1 heterocycles. The Kier molecular flexibility index (Phi) is 5.71. The molecule has 0 bridgehead atoms. The van der Waals surface area contributed by atoms with Gasteiger partial charge >= 0.3 is 0 Å². The lowest BCUT2D eigenvalue weighted by atomic mass is 10.1. The molecule has 5 nitrogen and oxygen atoms in total. The molecule has 0 saturated heterocycles. The van der Waals surface area contributed by atoms with E-state index in [-0.39, 0.29) is 5.91 Å². The molecule has 0 spiro atoms. The maximum absolute atomic E-state index is 12.4. The smallest absolute Gasteiger partial charge is 0.257 e. The van der Waals surface area contributed by atoms with Crippen molar-refractivity contribution in [2.24, 2.45) is 0 Å². The Hall–Kier alpha value is -3.34. The number of aryl methyl sites for hydroxylation is 2. The molecule has 2 aromatic carbocycles. The summed E-state index contributed by atoms with van der Waals surface area (Å²) in [6.45, 7) is 4.65. The summed E-state index contributed by atoms with van der Waals surface area (Å²) in [7, 11) is 1.65. The van der Waals surface area contributed by atoms with Crippen molar-refractivity contribution in [3.63, 3.8) is 0 Å². The fourth-order valence-corrected chi connectivity index (χ4v) is 2.72. The summed E-state index contributed by atoms with van der Waals surface area (Å²) in [4.78, 5) is 16.7. The Morgan fingerprint density at radius 1 is 1.04 bits per heavy atom. The molecule has 2 N–H and O–H groups in total. The van der Waals surface area contributed by atoms with Gasteiger partial charge in [-0.2, -0.15) is 0 Å². The van der Waals surface area contributed by atoms with Gasteiger partial charge in [0.1, 0.15) is 11.6 Å². The molecule has 1 aromatic heterocycles. The number of carbonyl (C=O) groups excluding carboxylic acids is 1. The molecule has 138 valence electrons. The number of nitrogens with zero attached hydrogens (tertiary/aromatic N) is 1. The fourth-order valence-electron chi connectivity index (χ4n) is 2.72. The van der Waals surface area contributed by atoms with Gasteiger partial charge in [0, 0.05) is 18.4 Å². The second-order valence-corrected chi connectivity index (χ2v) is 6.41. The van der Waals surface area contributed by atoms with Gasteiger partial charge in [-0.05, 0) is 55.3 Å². The Labute approximate surface area is 159 Å². The van der Waals surface area contributed by atoms with Crippen LogP contribution in [0.4, 0.5) is 11.5 Å². The van der Waals surface area contributed by atoms with E-state index in [1.54, 1.807) is 25.4 Å². The SMILES string of the molecule is COc1ccc(CNc2ccc(C(=O)Nc3ccc(C)cc3C)cn2)cc1. The topological polar surface area (TPSA) is 63.2 Å². The zero-order chi connectivity index (χ0) is 19.2. The quantitative estimate of drug-likeness (QED) is 0.675. The summed E-state index contributed by atoms with van der Waals surface area (Å²) >= 11 is 0. The molecule has 27 heavy (non-hydrogen) atoms. The van der Waals surface area contributed by atoms with Crippen LogP contribution in [0.3, 0.4) is 0 Å². The number of carbonyl (C=O) groups is 1. The number of rotatable bonds is 6. The lowest BCUT2D eigenvalue weighted by Gasteiger charge is -2.10. The molecule has 0 radical (unpaired) electrons. The van der Waals surface area contributed by atoms with Gasteiger partial charge in [-0.3, -0.25) is 4.79 Å². The van der Waals surface area contributed by atoms with Crippen LogP contribution in [0.1, 0.15) is 27.0 Å². The monoisotopic (exact) mass is 361 g/mol. The molecule has 0 atom stereocenters. The highest BCUT2D eigenvalue weighted by molar-refractivity contribution is 6.04. The molecule has 0 aliphatic carbocycles. The number of aromatic nitrogens is 1. The first-order valence-corrected chi connectivity index (χ1v) is 8.76. The summed E-state index contributed by atoms with van der Waals surface area (Å²) in [6.07, 6.45) is 1.58. The van der Waals surface area contributed by atoms with Crippen LogP contribution in [0.2, 0.25) is 0 Å². The number of methoxy groups -OCH3 is 1. The summed E-state index contributed by atoms with van der Waals surface area (Å²) in [5.41, 5.74) is 4.65. The van der Waals surface area contributed by atoms with E-state index < -0.39 is 0 Å². The van der Waals surface area contributed by atoms with E-state index in [4.69, 9.17) is 4.74 Å². The van der Waals surface area contributed by atoms with Gasteiger partial charge in [-0.1, -0.05) is 29.8 Å². The van der Waals surface area contributed by atoms with Crippen molar-refractivity contribution in [3.8, 4) is 5.75 Å². The van der Waals surface area contributed by atoms with E-state index >= 15 is 0 Å². The molecular weight excluding hydrogens is 338 g/mol. The fraction of sp³-hybridized carbons (Fsp3) is 0.182. The van der Waals surface area contributed by atoms with Gasteiger partial charge in [-0.25, -0.2) is 4.98 Å². The van der Waals surface area contributed by atoms with Crippen molar-refractivity contribution in [2.45, 2.75) is 20.4 Å². The number of nitrogens with one attached hydrogen (secondary N) is 2. The first-order valence-electron chi connectivity index (χ1n) is 8.76. The predicted octanol–water partition coefficient (Wildman–Crippen LogP) is 4.57. The van der Waals surface area contributed by atoms with Crippen molar-refractivity contribution in [3.05, 3.63) is 83.0 Å². The molecule has 0 unspecified atom stereocenters. The predicted molar refractivity (Wildman–Crippen MR) is 108 cm³/mol. The van der Waals surface area contributed by atoms with Crippen molar-refractivity contribution in [1.29, 1.82) is 0 Å². The molecule has 3 rings (SSSR count). The molecule has 0 saturated carbocycles. The van der Waals surface area contributed by atoms with Crippen molar-refractivity contribution < 1.29 is 9.53 Å². The maximum Gasteiger partial charge on any atom is 0.257 e. The summed E-state index contributed by atoms with van der Waals surface area (Å²) < 4.78 is 5.15. The zero-order valence-corrected chi connectivity index (χ0v) is 15.7. The van der Waals surface area contributed by atoms with E-state index in [0.29, 0.717) is 17.9 Å². The number of pyridine rings is 1. The largest absolute Gasteiger partial charge is 0.497 e. The van der Waals surface area contributed by atoms with Crippen molar-refractivity contribution in [2.75, 3.05) is 17.7 Å². The zero-order valence-electron chi connectivity index (χ0n) is 15.7. The number of hydrogen-bond acceptors (Lipinski definition) is 4. The van der Waals surface area contributed by atoms with Crippen LogP contribution in [0, 0.1) is 13.8 Å². The average molecular weight is 361 g/mol. The van der Waals surface area contributed by atoms with E-state index in [1.165, 1.54) is 5.56 Å². The summed E-state index contributed by atoms with van der Waals surface area (Å²) in [6, 6.07) is 17.3. The van der Waals surface area contributed by atoms with Crippen LogP contribution >= 0.6 is 0 Å². The number of hydrogen-bond donors (Lipinski definition) is 2. The van der Waals surface area contributed by atoms with Crippen LogP contribution in [0.5, 0.6) is 5.75 Å². The van der Waals surface area contributed by atoms with Gasteiger partial charge in [-0.15, -0.1) is 0 Å². The van der Waals surface area contributed by atoms with Gasteiger partial charge in [0.15, 0.2) is 0 Å². The van der Waals surface area contributed by atoms with Crippen LogP contribution in [-0.4, -0.2) is 18.0 Å². The van der Waals surface area contributed by atoms with Gasteiger partial charge in [0.2, 0.25) is 0 Å². The molecule has 1 amide bonds. The normalized spacial score (nSPS) is 10.3. The molecule has 5 heteroatoms. The maximum atomic E-state index is 12.4. The molecule has 0 fully saturated rings. The Balaban J connectivity index is 1.59. The third-order valence-electron chi connectivity index (χ3n) is 4.29. The second-order valence-electron chi connectivity index (χ2n) is 6.41. The van der Waals surface area contributed by atoms with Gasteiger partial charge in [0.05, 0.1) is 12.7 Å². The lowest BCUT2D eigenvalue weighted by molar-refractivity contribution is 0.102. The Bertz CT molecular complexity index is 919. The average Bonchev–Trinajstić information content (AvgIpc) is 2.69. The third-order valence-corrected chi connectivity index (χ3v) is 4.29. The highest BCUT2D eigenvalue weighted by Crippen LogP contribution is 2.17. The Morgan fingerprint density at radius 2 is 1.81 bits per heavy atom. The van der Waals surface area contributed by atoms with E-state index in [0.717, 1.165) is 22.6 Å². The number of anilines is 2. The minimum atomic E-state index is -0.170. The van der Waals surface area contributed by atoms with Crippen LogP contribution in [-0.2, 0) is 6.54 Å². The third kappa shape index (κ3) is 4.85. The highest BCUT2D eigenvalue weighted by Gasteiger charge is 2.08. The lowest BCUT2D eigenvalue weighted by Crippen LogP contribution is -2.13. The number of benzene rings is 2. The minimum Gasteiger partial charge on any atom is -0.497 e. The van der Waals surface area contributed by atoms with Crippen LogP contribution < -0.4 is 15.4 Å². The minimum absolute atomic E-state index is 0.170. The molecular formula is C22H23N3O2.